The van der Waals surface area contributed by atoms with E-state index in [2.05, 4.69) is 32.2 Å². The van der Waals surface area contributed by atoms with E-state index in [9.17, 15) is 9.90 Å². The van der Waals surface area contributed by atoms with Crippen LogP contribution in [0.4, 0.5) is 0 Å². The minimum atomic E-state index is -0.363. The molecule has 0 aromatic carbocycles. The molecule has 1 amide bonds. The van der Waals surface area contributed by atoms with Gasteiger partial charge in [0.05, 0.1) is 5.56 Å². The molecule has 1 aliphatic heterocycles. The molecule has 0 aliphatic carbocycles. The minimum absolute atomic E-state index is 0.0547. The number of nitrogens with one attached hydrogen (secondary N) is 1. The summed E-state index contributed by atoms with van der Waals surface area (Å²) in [5.41, 5.74) is 0.718. The molecule has 132 valence electrons. The van der Waals surface area contributed by atoms with Gasteiger partial charge in [0.1, 0.15) is 5.69 Å². The fraction of sp³-hybridized carbons (Fsp3) is 0.444. The maximum Gasteiger partial charge on any atom is 0.254 e. The second-order valence-corrected chi connectivity index (χ2v) is 6.52. The Kier molecular flexibility index (Phi) is 5.35. The number of rotatable bonds is 5. The highest BCUT2D eigenvalue weighted by molar-refractivity contribution is 5.94. The van der Waals surface area contributed by atoms with Crippen molar-refractivity contribution in [3.05, 3.63) is 42.4 Å². The molecular weight excluding hydrogens is 318 g/mol. The summed E-state index contributed by atoms with van der Waals surface area (Å²) < 4.78 is 0. The second-order valence-electron chi connectivity index (χ2n) is 6.52. The Bertz CT molecular complexity index is 697. The average molecular weight is 341 g/mol. The fourth-order valence-corrected chi connectivity index (χ4v) is 3.08. The highest BCUT2D eigenvalue weighted by Crippen LogP contribution is 2.25. The first kappa shape index (κ1) is 17.4. The molecule has 2 aromatic heterocycles. The van der Waals surface area contributed by atoms with Crippen molar-refractivity contribution in [3.8, 4) is 11.5 Å². The van der Waals surface area contributed by atoms with Gasteiger partial charge in [-0.15, -0.1) is 0 Å². The van der Waals surface area contributed by atoms with E-state index in [-0.39, 0.29) is 18.1 Å². The number of nitrogens with zero attached hydrogens (tertiary/aromatic N) is 4. The van der Waals surface area contributed by atoms with Crippen LogP contribution in [0.5, 0.6) is 0 Å². The van der Waals surface area contributed by atoms with Gasteiger partial charge < -0.3 is 15.3 Å². The van der Waals surface area contributed by atoms with Crippen LogP contribution in [-0.2, 0) is 0 Å². The van der Waals surface area contributed by atoms with E-state index in [0.29, 0.717) is 23.5 Å². The molecule has 25 heavy (non-hydrogen) atoms. The Balaban J connectivity index is 1.72. The number of hydrogen-bond donors (Lipinski definition) is 2. The van der Waals surface area contributed by atoms with E-state index in [1.807, 2.05) is 18.2 Å². The summed E-state index contributed by atoms with van der Waals surface area (Å²) in [4.78, 5) is 27.6. The third-order valence-corrected chi connectivity index (χ3v) is 4.72. The van der Waals surface area contributed by atoms with Gasteiger partial charge in [0.25, 0.3) is 5.91 Å². The minimum Gasteiger partial charge on any atom is -0.396 e. The van der Waals surface area contributed by atoms with Gasteiger partial charge in [-0.05, 0) is 38.4 Å². The average Bonchev–Trinajstić information content (AvgIpc) is 2.65. The standard InChI is InChI=1S/C18H23N5O2/c1-23-9-5-18(6-10-23,7-11-24)22-17(25)14-12-20-16(21-13-14)15-4-2-3-8-19-15/h2-4,8,12-13,24H,5-7,9-11H2,1H3,(H,22,25). The lowest BCUT2D eigenvalue weighted by Gasteiger charge is -2.41. The molecular formula is C18H23N5O2. The number of hydrogen-bond acceptors (Lipinski definition) is 6. The molecule has 7 nitrogen and oxygen atoms in total. The van der Waals surface area contributed by atoms with Crippen LogP contribution < -0.4 is 5.32 Å². The SMILES string of the molecule is CN1CCC(CCO)(NC(=O)c2cnc(-c3ccccn3)nc2)CC1. The van der Waals surface area contributed by atoms with E-state index >= 15 is 0 Å². The Hall–Kier alpha value is -2.38. The van der Waals surface area contributed by atoms with Crippen LogP contribution in [0.15, 0.2) is 36.8 Å². The number of carbonyl (C=O) groups excluding carboxylic acids is 1. The zero-order valence-electron chi connectivity index (χ0n) is 14.4. The van der Waals surface area contributed by atoms with Crippen molar-refractivity contribution < 1.29 is 9.90 Å². The van der Waals surface area contributed by atoms with Crippen LogP contribution in [0.1, 0.15) is 29.6 Å². The maximum absolute atomic E-state index is 12.6. The maximum atomic E-state index is 12.6. The molecule has 0 unspecified atom stereocenters. The number of aliphatic hydroxyl groups is 1. The summed E-state index contributed by atoms with van der Waals surface area (Å²) in [6.07, 6.45) is 6.92. The molecule has 3 heterocycles. The topological polar surface area (TPSA) is 91.2 Å². The van der Waals surface area contributed by atoms with Gasteiger partial charge in [-0.1, -0.05) is 6.07 Å². The first-order valence-corrected chi connectivity index (χ1v) is 8.47. The van der Waals surface area contributed by atoms with E-state index in [4.69, 9.17) is 0 Å². The number of aromatic nitrogens is 3. The van der Waals surface area contributed by atoms with Crippen molar-refractivity contribution >= 4 is 5.91 Å². The summed E-state index contributed by atoms with van der Waals surface area (Å²) in [6.45, 7) is 1.85. The van der Waals surface area contributed by atoms with Crippen LogP contribution in [0, 0.1) is 0 Å². The number of likely N-dealkylation sites (tertiary alicyclic amines) is 1. The van der Waals surface area contributed by atoms with Gasteiger partial charge in [0, 0.05) is 43.8 Å². The molecule has 2 N–H and O–H groups in total. The monoisotopic (exact) mass is 341 g/mol. The molecule has 0 saturated carbocycles. The van der Waals surface area contributed by atoms with Crippen molar-refractivity contribution in [3.63, 3.8) is 0 Å². The Morgan fingerprint density at radius 1 is 1.24 bits per heavy atom. The summed E-state index contributed by atoms with van der Waals surface area (Å²) >= 11 is 0. The lowest BCUT2D eigenvalue weighted by molar-refractivity contribution is 0.0777. The first-order valence-electron chi connectivity index (χ1n) is 8.47. The molecule has 1 aliphatic rings. The predicted molar refractivity (Wildman–Crippen MR) is 93.9 cm³/mol. The van der Waals surface area contributed by atoms with Crippen LogP contribution in [0.25, 0.3) is 11.5 Å². The van der Waals surface area contributed by atoms with Crippen molar-refractivity contribution in [2.75, 3.05) is 26.7 Å². The van der Waals surface area contributed by atoms with E-state index in [1.165, 1.54) is 12.4 Å². The van der Waals surface area contributed by atoms with E-state index in [0.717, 1.165) is 25.9 Å². The van der Waals surface area contributed by atoms with Crippen LogP contribution in [0.2, 0.25) is 0 Å². The summed E-state index contributed by atoms with van der Waals surface area (Å²) in [7, 11) is 2.06. The van der Waals surface area contributed by atoms with E-state index in [1.54, 1.807) is 6.20 Å². The van der Waals surface area contributed by atoms with Gasteiger partial charge in [-0.2, -0.15) is 0 Å². The quantitative estimate of drug-likeness (QED) is 0.847. The van der Waals surface area contributed by atoms with Gasteiger partial charge in [0.2, 0.25) is 0 Å². The van der Waals surface area contributed by atoms with Gasteiger partial charge in [0.15, 0.2) is 5.82 Å². The Morgan fingerprint density at radius 2 is 1.96 bits per heavy atom. The number of amides is 1. The Morgan fingerprint density at radius 3 is 2.56 bits per heavy atom. The third kappa shape index (κ3) is 4.18. The first-order chi connectivity index (χ1) is 12.1. The number of piperidine rings is 1. The zero-order chi connectivity index (χ0) is 17.7. The molecule has 0 spiro atoms. The van der Waals surface area contributed by atoms with Crippen molar-refractivity contribution in [1.29, 1.82) is 0 Å². The number of aliphatic hydroxyl groups excluding tert-OH is 1. The third-order valence-electron chi connectivity index (χ3n) is 4.72. The van der Waals surface area contributed by atoms with Crippen molar-refractivity contribution in [2.45, 2.75) is 24.8 Å². The van der Waals surface area contributed by atoms with Crippen molar-refractivity contribution in [2.24, 2.45) is 0 Å². The second kappa shape index (κ2) is 7.67. The fourth-order valence-electron chi connectivity index (χ4n) is 3.08. The van der Waals surface area contributed by atoms with Gasteiger partial charge in [-0.25, -0.2) is 9.97 Å². The van der Waals surface area contributed by atoms with E-state index < -0.39 is 0 Å². The predicted octanol–water partition coefficient (Wildman–Crippen LogP) is 1.12. The lowest BCUT2D eigenvalue weighted by Crippen LogP contribution is -2.55. The van der Waals surface area contributed by atoms with Crippen LogP contribution in [0.3, 0.4) is 0 Å². The summed E-state index contributed by atoms with van der Waals surface area (Å²) in [5.74, 6) is 0.284. The van der Waals surface area contributed by atoms with Gasteiger partial charge in [-0.3, -0.25) is 9.78 Å². The molecule has 2 aromatic rings. The summed E-state index contributed by atoms with van der Waals surface area (Å²) in [6, 6.07) is 5.52. The molecule has 1 saturated heterocycles. The smallest absolute Gasteiger partial charge is 0.254 e. The molecule has 7 heteroatoms. The summed E-state index contributed by atoms with van der Waals surface area (Å²) in [5, 5.41) is 12.5. The van der Waals surface area contributed by atoms with Crippen molar-refractivity contribution in [1.82, 2.24) is 25.2 Å². The van der Waals surface area contributed by atoms with Crippen LogP contribution >= 0.6 is 0 Å². The normalized spacial score (nSPS) is 17.2. The zero-order valence-corrected chi connectivity index (χ0v) is 14.4. The largest absolute Gasteiger partial charge is 0.396 e. The Labute approximate surface area is 147 Å². The molecule has 3 rings (SSSR count). The lowest BCUT2D eigenvalue weighted by atomic mass is 9.84. The van der Waals surface area contributed by atoms with Crippen LogP contribution in [-0.4, -0.2) is 63.1 Å². The molecule has 0 atom stereocenters. The molecule has 0 bridgehead atoms. The highest BCUT2D eigenvalue weighted by atomic mass is 16.3. The highest BCUT2D eigenvalue weighted by Gasteiger charge is 2.34. The van der Waals surface area contributed by atoms with Gasteiger partial charge >= 0.3 is 0 Å². The molecule has 1 fully saturated rings. The number of carbonyl (C=O) groups is 1. The number of pyridine rings is 1. The molecule has 0 radical (unpaired) electrons.